The predicted octanol–water partition coefficient (Wildman–Crippen LogP) is 1.21. The third kappa shape index (κ3) is 4.44. The second-order valence-corrected chi connectivity index (χ2v) is 6.80. The predicted molar refractivity (Wildman–Crippen MR) is 87.8 cm³/mol. The van der Waals surface area contributed by atoms with E-state index < -0.39 is 10.0 Å². The number of hydrogen-bond donors (Lipinski definition) is 2. The number of furan rings is 1. The smallest absolute Gasteiger partial charge is 0.253 e. The van der Waals surface area contributed by atoms with Gasteiger partial charge in [-0.25, -0.2) is 13.1 Å². The van der Waals surface area contributed by atoms with Crippen LogP contribution < -0.4 is 4.72 Å². The molecule has 2 N–H and O–H groups in total. The molecular weight excluding hydrogens is 332 g/mol. The Kier molecular flexibility index (Phi) is 6.13. The van der Waals surface area contributed by atoms with Crippen LogP contribution in [0.25, 0.3) is 0 Å². The van der Waals surface area contributed by atoms with Gasteiger partial charge in [-0.1, -0.05) is 0 Å². The van der Waals surface area contributed by atoms with Gasteiger partial charge < -0.3 is 14.4 Å². The first-order valence-corrected chi connectivity index (χ1v) is 8.98. The highest BCUT2D eigenvalue weighted by Crippen LogP contribution is 2.13. The Balaban J connectivity index is 2.08. The maximum atomic E-state index is 12.2. The van der Waals surface area contributed by atoms with Crippen LogP contribution in [0.1, 0.15) is 23.0 Å². The molecular formula is C16H20N2O5S. The molecule has 0 spiro atoms. The first-order chi connectivity index (χ1) is 11.5. The monoisotopic (exact) mass is 352 g/mol. The molecule has 0 fully saturated rings. The van der Waals surface area contributed by atoms with Gasteiger partial charge in [-0.2, -0.15) is 0 Å². The van der Waals surface area contributed by atoms with E-state index in [1.807, 2.05) is 6.92 Å². The number of carbonyl (C=O) groups is 1. The van der Waals surface area contributed by atoms with Crippen LogP contribution in [0.3, 0.4) is 0 Å². The van der Waals surface area contributed by atoms with Gasteiger partial charge in [-0.15, -0.1) is 0 Å². The van der Waals surface area contributed by atoms with E-state index in [0.717, 1.165) is 0 Å². The Morgan fingerprint density at radius 1 is 1.25 bits per heavy atom. The van der Waals surface area contributed by atoms with Crippen molar-refractivity contribution in [1.29, 1.82) is 0 Å². The Morgan fingerprint density at radius 2 is 1.96 bits per heavy atom. The molecule has 1 aromatic carbocycles. The minimum Gasteiger partial charge on any atom is -0.468 e. The fourth-order valence-electron chi connectivity index (χ4n) is 2.15. The van der Waals surface area contributed by atoms with E-state index >= 15 is 0 Å². The molecule has 24 heavy (non-hydrogen) atoms. The van der Waals surface area contributed by atoms with Crippen molar-refractivity contribution in [2.75, 3.05) is 19.7 Å². The molecule has 0 bridgehead atoms. The number of amides is 1. The number of hydrogen-bond acceptors (Lipinski definition) is 5. The minimum absolute atomic E-state index is 0.0517. The Bertz CT molecular complexity index is 754. The van der Waals surface area contributed by atoms with Gasteiger partial charge in [0.25, 0.3) is 5.91 Å². The molecule has 0 radical (unpaired) electrons. The van der Waals surface area contributed by atoms with Crippen molar-refractivity contribution >= 4 is 15.9 Å². The molecule has 8 heteroatoms. The summed E-state index contributed by atoms with van der Waals surface area (Å²) in [4.78, 5) is 13.8. The summed E-state index contributed by atoms with van der Waals surface area (Å²) in [5.74, 6) is 0.256. The van der Waals surface area contributed by atoms with Crippen molar-refractivity contribution < 1.29 is 22.7 Å². The van der Waals surface area contributed by atoms with Crippen LogP contribution in [-0.4, -0.2) is 44.0 Å². The lowest BCUT2D eigenvalue weighted by atomic mass is 10.2. The summed E-state index contributed by atoms with van der Waals surface area (Å²) in [5.41, 5.74) is 0.371. The van der Waals surface area contributed by atoms with Gasteiger partial charge in [0, 0.05) is 18.7 Å². The van der Waals surface area contributed by atoms with Gasteiger partial charge in [-0.3, -0.25) is 4.79 Å². The van der Waals surface area contributed by atoms with E-state index in [-0.39, 0.29) is 30.5 Å². The van der Waals surface area contributed by atoms with Gasteiger partial charge >= 0.3 is 0 Å². The van der Waals surface area contributed by atoms with Gasteiger partial charge in [-0.05, 0) is 43.3 Å². The van der Waals surface area contributed by atoms with E-state index in [1.54, 1.807) is 12.1 Å². The minimum atomic E-state index is -3.69. The number of nitrogens with one attached hydrogen (secondary N) is 1. The molecule has 0 saturated carbocycles. The number of likely N-dealkylation sites (N-methyl/N-ethyl adjacent to an activating group) is 1. The number of nitrogens with zero attached hydrogens (tertiary/aromatic N) is 1. The zero-order valence-electron chi connectivity index (χ0n) is 13.3. The van der Waals surface area contributed by atoms with Crippen LogP contribution in [0.4, 0.5) is 0 Å². The van der Waals surface area contributed by atoms with E-state index in [0.29, 0.717) is 17.9 Å². The second kappa shape index (κ2) is 8.09. The number of rotatable bonds is 8. The van der Waals surface area contributed by atoms with Crippen molar-refractivity contribution in [2.45, 2.75) is 18.4 Å². The number of aliphatic hydroxyl groups is 1. The van der Waals surface area contributed by atoms with Crippen molar-refractivity contribution in [3.63, 3.8) is 0 Å². The highest BCUT2D eigenvalue weighted by atomic mass is 32.2. The fraction of sp³-hybridized carbons (Fsp3) is 0.312. The largest absolute Gasteiger partial charge is 0.468 e. The number of sulfonamides is 1. The van der Waals surface area contributed by atoms with Crippen LogP contribution in [-0.2, 0) is 16.6 Å². The highest BCUT2D eigenvalue weighted by Gasteiger charge is 2.17. The van der Waals surface area contributed by atoms with E-state index in [4.69, 9.17) is 9.52 Å². The lowest BCUT2D eigenvalue weighted by molar-refractivity contribution is 0.0732. The summed E-state index contributed by atoms with van der Waals surface area (Å²) in [7, 11) is -3.69. The lowest BCUT2D eigenvalue weighted by Crippen LogP contribution is -2.33. The SMILES string of the molecule is CCN(CCO)C(=O)c1ccc(S(=O)(=O)NCc2ccco2)cc1. The van der Waals surface area contributed by atoms with E-state index in [2.05, 4.69) is 4.72 Å². The molecule has 7 nitrogen and oxygen atoms in total. The molecule has 0 aliphatic heterocycles. The number of aliphatic hydroxyl groups excluding tert-OH is 1. The Hall–Kier alpha value is -2.16. The highest BCUT2D eigenvalue weighted by molar-refractivity contribution is 7.89. The molecule has 2 rings (SSSR count). The average Bonchev–Trinajstić information content (AvgIpc) is 3.11. The normalized spacial score (nSPS) is 11.4. The molecule has 1 amide bonds. The van der Waals surface area contributed by atoms with E-state index in [1.165, 1.54) is 35.4 Å². The first kappa shape index (κ1) is 18.2. The zero-order chi connectivity index (χ0) is 17.6. The molecule has 1 heterocycles. The molecule has 0 aliphatic rings. The zero-order valence-corrected chi connectivity index (χ0v) is 14.1. The second-order valence-electron chi connectivity index (χ2n) is 5.04. The van der Waals surface area contributed by atoms with Crippen LogP contribution in [0, 0.1) is 0 Å². The van der Waals surface area contributed by atoms with Crippen molar-refractivity contribution in [1.82, 2.24) is 9.62 Å². The molecule has 0 saturated heterocycles. The molecule has 2 aromatic rings. The van der Waals surface area contributed by atoms with Crippen LogP contribution >= 0.6 is 0 Å². The quantitative estimate of drug-likeness (QED) is 0.744. The molecule has 0 unspecified atom stereocenters. The van der Waals surface area contributed by atoms with Crippen LogP contribution in [0.5, 0.6) is 0 Å². The summed E-state index contributed by atoms with van der Waals surface area (Å²) in [6.07, 6.45) is 1.47. The van der Waals surface area contributed by atoms with Gasteiger partial charge in [0.05, 0.1) is 24.3 Å². The summed E-state index contributed by atoms with van der Waals surface area (Å²) in [6, 6.07) is 9.03. The number of benzene rings is 1. The van der Waals surface area contributed by atoms with Crippen LogP contribution in [0.2, 0.25) is 0 Å². The van der Waals surface area contributed by atoms with Crippen LogP contribution in [0.15, 0.2) is 52.0 Å². The summed E-state index contributed by atoms with van der Waals surface area (Å²) in [6.45, 7) is 2.44. The third-order valence-corrected chi connectivity index (χ3v) is 4.88. The molecule has 1 aromatic heterocycles. The van der Waals surface area contributed by atoms with Crippen molar-refractivity contribution in [3.8, 4) is 0 Å². The van der Waals surface area contributed by atoms with Gasteiger partial charge in [0.2, 0.25) is 10.0 Å². The topological polar surface area (TPSA) is 99.9 Å². The van der Waals surface area contributed by atoms with Gasteiger partial charge in [0.1, 0.15) is 5.76 Å². The van der Waals surface area contributed by atoms with E-state index in [9.17, 15) is 13.2 Å². The maximum absolute atomic E-state index is 12.2. The summed E-state index contributed by atoms with van der Waals surface area (Å²) < 4.78 is 31.9. The first-order valence-electron chi connectivity index (χ1n) is 7.50. The number of carbonyl (C=O) groups excluding carboxylic acids is 1. The molecule has 130 valence electrons. The fourth-order valence-corrected chi connectivity index (χ4v) is 3.14. The molecule has 0 atom stereocenters. The van der Waals surface area contributed by atoms with Crippen molar-refractivity contribution in [2.24, 2.45) is 0 Å². The standard InChI is InChI=1S/C16H20N2O5S/c1-2-18(9-10-19)16(20)13-5-7-15(8-6-13)24(21,22)17-12-14-4-3-11-23-14/h3-8,11,17,19H,2,9-10,12H2,1H3. The van der Waals surface area contributed by atoms with Gasteiger partial charge in [0.15, 0.2) is 0 Å². The average molecular weight is 352 g/mol. The Labute approximate surface area is 140 Å². The third-order valence-electron chi connectivity index (χ3n) is 3.47. The Morgan fingerprint density at radius 3 is 2.50 bits per heavy atom. The maximum Gasteiger partial charge on any atom is 0.253 e. The lowest BCUT2D eigenvalue weighted by Gasteiger charge is -2.19. The summed E-state index contributed by atoms with van der Waals surface area (Å²) in [5, 5.41) is 8.96. The summed E-state index contributed by atoms with van der Waals surface area (Å²) >= 11 is 0. The molecule has 0 aliphatic carbocycles. The van der Waals surface area contributed by atoms with Crippen molar-refractivity contribution in [3.05, 3.63) is 54.0 Å².